The number of aryl methyl sites for hydroxylation is 1. The molecule has 0 radical (unpaired) electrons. The van der Waals surface area contributed by atoms with Gasteiger partial charge in [-0.3, -0.25) is 14.9 Å². The highest BCUT2D eigenvalue weighted by Gasteiger charge is 2.40. The Kier molecular flexibility index (Phi) is 4.15. The molecule has 2 aliphatic rings. The van der Waals surface area contributed by atoms with Gasteiger partial charge in [-0.05, 0) is 57.1 Å². The summed E-state index contributed by atoms with van der Waals surface area (Å²) in [6.45, 7) is 3.60. The average molecular weight is 315 g/mol. The summed E-state index contributed by atoms with van der Waals surface area (Å²) in [7, 11) is 0. The van der Waals surface area contributed by atoms with Crippen LogP contribution in [0.25, 0.3) is 0 Å². The third kappa shape index (κ3) is 3.11. The predicted octanol–water partition coefficient (Wildman–Crippen LogP) is 3.45. The molecular weight excluding hydrogens is 294 g/mol. The van der Waals surface area contributed by atoms with Crippen molar-refractivity contribution >= 4 is 17.3 Å². The smallest absolute Gasteiger partial charge is 0.267 e. The average Bonchev–Trinajstić information content (AvgIpc) is 3.14. The number of nitrogens with zero attached hydrogens (tertiary/aromatic N) is 2. The Bertz CT molecular complexity index is 684. The van der Waals surface area contributed by atoms with E-state index in [1.54, 1.807) is 6.92 Å². The van der Waals surface area contributed by atoms with Crippen molar-refractivity contribution in [3.63, 3.8) is 0 Å². The third-order valence-corrected chi connectivity index (χ3v) is 5.26. The topological polar surface area (TPSA) is 84.6 Å². The molecule has 0 aliphatic heterocycles. The van der Waals surface area contributed by atoms with Gasteiger partial charge >= 0.3 is 0 Å². The maximum atomic E-state index is 12.2. The molecular formula is C17H21N3O3. The van der Waals surface area contributed by atoms with Gasteiger partial charge in [0.2, 0.25) is 0 Å². The molecule has 2 bridgehead atoms. The summed E-state index contributed by atoms with van der Waals surface area (Å²) in [6, 6.07) is 4.34. The minimum atomic E-state index is -0.450. The van der Waals surface area contributed by atoms with E-state index in [0.717, 1.165) is 17.5 Å². The number of hydrogen-bond acceptors (Lipinski definition) is 4. The van der Waals surface area contributed by atoms with Gasteiger partial charge in [0.25, 0.3) is 11.6 Å². The molecule has 3 atom stereocenters. The molecule has 2 saturated carbocycles. The molecule has 1 amide bonds. The summed E-state index contributed by atoms with van der Waals surface area (Å²) in [6.07, 6.45) is 5.10. The number of nitro benzene ring substituents is 1. The Morgan fingerprint density at radius 3 is 2.70 bits per heavy atom. The molecule has 0 unspecified atom stereocenters. The Labute approximate surface area is 135 Å². The van der Waals surface area contributed by atoms with Crippen LogP contribution in [-0.4, -0.2) is 16.5 Å². The van der Waals surface area contributed by atoms with Crippen molar-refractivity contribution in [1.82, 2.24) is 5.43 Å². The molecule has 0 saturated heterocycles. The van der Waals surface area contributed by atoms with E-state index in [2.05, 4.69) is 10.5 Å². The molecule has 2 fully saturated rings. The zero-order valence-corrected chi connectivity index (χ0v) is 13.4. The highest BCUT2D eigenvalue weighted by Crippen LogP contribution is 2.48. The van der Waals surface area contributed by atoms with E-state index in [4.69, 9.17) is 0 Å². The number of amides is 1. The van der Waals surface area contributed by atoms with Gasteiger partial charge in [0.05, 0.1) is 4.92 Å². The number of hydrogen-bond donors (Lipinski definition) is 1. The molecule has 6 heteroatoms. The molecule has 2 aliphatic carbocycles. The molecule has 0 aromatic heterocycles. The molecule has 1 aromatic rings. The molecule has 23 heavy (non-hydrogen) atoms. The molecule has 0 heterocycles. The van der Waals surface area contributed by atoms with Gasteiger partial charge in [0, 0.05) is 28.8 Å². The van der Waals surface area contributed by atoms with Crippen LogP contribution in [0.1, 0.15) is 48.5 Å². The number of nitro groups is 1. The Balaban J connectivity index is 1.66. The number of fused-ring (bicyclic) bond motifs is 2. The highest BCUT2D eigenvalue weighted by molar-refractivity contribution is 5.96. The van der Waals surface area contributed by atoms with E-state index in [1.165, 1.54) is 43.9 Å². The first kappa shape index (κ1) is 15.6. The summed E-state index contributed by atoms with van der Waals surface area (Å²) in [5.41, 5.74) is 4.45. The lowest BCUT2D eigenvalue weighted by molar-refractivity contribution is -0.385. The number of nitrogens with one attached hydrogen (secondary N) is 1. The number of rotatable bonds is 4. The van der Waals surface area contributed by atoms with E-state index >= 15 is 0 Å². The van der Waals surface area contributed by atoms with Crippen molar-refractivity contribution < 1.29 is 9.72 Å². The number of benzene rings is 1. The monoisotopic (exact) mass is 315 g/mol. The van der Waals surface area contributed by atoms with Crippen LogP contribution >= 0.6 is 0 Å². The quantitative estimate of drug-likeness (QED) is 0.524. The van der Waals surface area contributed by atoms with E-state index in [9.17, 15) is 14.9 Å². The zero-order chi connectivity index (χ0) is 16.6. The normalized spacial score (nSPS) is 26.3. The van der Waals surface area contributed by atoms with E-state index in [0.29, 0.717) is 17.0 Å². The fourth-order valence-corrected chi connectivity index (χ4v) is 4.04. The molecule has 1 N–H and O–H groups in total. The Hall–Kier alpha value is -2.24. The fraction of sp³-hybridized carbons (Fsp3) is 0.529. The summed E-state index contributed by atoms with van der Waals surface area (Å²) in [5, 5.41) is 15.1. The van der Waals surface area contributed by atoms with Crippen LogP contribution in [0.3, 0.4) is 0 Å². The molecule has 122 valence electrons. The van der Waals surface area contributed by atoms with Crippen molar-refractivity contribution in [2.45, 2.75) is 39.5 Å². The predicted molar refractivity (Wildman–Crippen MR) is 87.3 cm³/mol. The first-order chi connectivity index (χ1) is 11.0. The second-order valence-electron chi connectivity index (χ2n) is 6.73. The van der Waals surface area contributed by atoms with Crippen molar-refractivity contribution in [2.24, 2.45) is 22.9 Å². The van der Waals surface area contributed by atoms with Crippen LogP contribution in [0.15, 0.2) is 23.3 Å². The summed E-state index contributed by atoms with van der Waals surface area (Å²) < 4.78 is 0. The standard InChI is InChI=1S/C17H21N3O3/c1-10-7-14(5-6-16(10)20(22)23)17(21)19-18-11(2)15-9-12-3-4-13(15)8-12/h5-7,12-13,15H,3-4,8-9H2,1-2H3,(H,19,21)/b18-11-/t12-,13-,15-/m1/s1. The highest BCUT2D eigenvalue weighted by atomic mass is 16.6. The van der Waals surface area contributed by atoms with Gasteiger partial charge in [-0.25, -0.2) is 5.43 Å². The lowest BCUT2D eigenvalue weighted by Gasteiger charge is -2.21. The van der Waals surface area contributed by atoms with Crippen molar-refractivity contribution in [1.29, 1.82) is 0 Å². The van der Waals surface area contributed by atoms with Gasteiger partial charge in [-0.1, -0.05) is 6.42 Å². The molecule has 3 rings (SSSR count). The van der Waals surface area contributed by atoms with Gasteiger partial charge < -0.3 is 0 Å². The van der Waals surface area contributed by atoms with Crippen LogP contribution in [0, 0.1) is 34.8 Å². The van der Waals surface area contributed by atoms with Crippen LogP contribution < -0.4 is 5.43 Å². The van der Waals surface area contributed by atoms with Crippen molar-refractivity contribution in [3.05, 3.63) is 39.4 Å². The maximum absolute atomic E-state index is 12.2. The second-order valence-corrected chi connectivity index (χ2v) is 6.73. The van der Waals surface area contributed by atoms with E-state index in [1.807, 2.05) is 6.92 Å². The Morgan fingerprint density at radius 1 is 1.35 bits per heavy atom. The maximum Gasteiger partial charge on any atom is 0.272 e. The fourth-order valence-electron chi connectivity index (χ4n) is 4.04. The van der Waals surface area contributed by atoms with Crippen LogP contribution in [-0.2, 0) is 0 Å². The van der Waals surface area contributed by atoms with E-state index < -0.39 is 4.92 Å². The minimum absolute atomic E-state index is 0.0169. The number of carbonyl (C=O) groups is 1. The van der Waals surface area contributed by atoms with Gasteiger partial charge in [0.1, 0.15) is 0 Å². The number of carbonyl (C=O) groups excluding carboxylic acids is 1. The van der Waals surface area contributed by atoms with E-state index in [-0.39, 0.29) is 11.6 Å². The van der Waals surface area contributed by atoms with Gasteiger partial charge in [0.15, 0.2) is 0 Å². The van der Waals surface area contributed by atoms with Crippen LogP contribution in [0.5, 0.6) is 0 Å². The van der Waals surface area contributed by atoms with Crippen molar-refractivity contribution in [3.8, 4) is 0 Å². The zero-order valence-electron chi connectivity index (χ0n) is 13.4. The second kappa shape index (κ2) is 6.10. The summed E-state index contributed by atoms with van der Waals surface area (Å²) in [4.78, 5) is 22.5. The lowest BCUT2D eigenvalue weighted by Crippen LogP contribution is -2.24. The minimum Gasteiger partial charge on any atom is -0.267 e. The third-order valence-electron chi connectivity index (χ3n) is 5.26. The SMILES string of the molecule is C/C(=N/NC(=O)c1ccc([N+](=O)[O-])c(C)c1)[C@H]1C[C@@H]2CC[C@@H]1C2. The van der Waals surface area contributed by atoms with Gasteiger partial charge in [-0.2, -0.15) is 5.10 Å². The first-order valence-corrected chi connectivity index (χ1v) is 8.05. The molecule has 0 spiro atoms. The molecule has 1 aromatic carbocycles. The summed E-state index contributed by atoms with van der Waals surface area (Å²) in [5.74, 6) is 1.73. The van der Waals surface area contributed by atoms with Crippen LogP contribution in [0.4, 0.5) is 5.69 Å². The first-order valence-electron chi connectivity index (χ1n) is 8.05. The Morgan fingerprint density at radius 2 is 2.13 bits per heavy atom. The molecule has 6 nitrogen and oxygen atoms in total. The summed E-state index contributed by atoms with van der Waals surface area (Å²) >= 11 is 0. The van der Waals surface area contributed by atoms with Crippen molar-refractivity contribution in [2.75, 3.05) is 0 Å². The van der Waals surface area contributed by atoms with Crippen LogP contribution in [0.2, 0.25) is 0 Å². The number of hydrazone groups is 1. The largest absolute Gasteiger partial charge is 0.272 e. The lowest BCUT2D eigenvalue weighted by atomic mass is 9.86. The van der Waals surface area contributed by atoms with Gasteiger partial charge in [-0.15, -0.1) is 0 Å².